The van der Waals surface area contributed by atoms with Crippen molar-refractivity contribution in [1.29, 1.82) is 0 Å². The zero-order chi connectivity index (χ0) is 20.6. The zero-order valence-electron chi connectivity index (χ0n) is 16.8. The summed E-state index contributed by atoms with van der Waals surface area (Å²) < 4.78 is 0. The zero-order valence-corrected chi connectivity index (χ0v) is 16.8. The summed E-state index contributed by atoms with van der Waals surface area (Å²) in [6.45, 7) is 3.08. The van der Waals surface area contributed by atoms with Gasteiger partial charge in [0, 0.05) is 55.4 Å². The van der Waals surface area contributed by atoms with Crippen molar-refractivity contribution in [3.63, 3.8) is 0 Å². The van der Waals surface area contributed by atoms with E-state index in [-0.39, 0.29) is 5.91 Å². The second-order valence-electron chi connectivity index (χ2n) is 6.82. The summed E-state index contributed by atoms with van der Waals surface area (Å²) in [5.74, 6) is 1.11. The fourth-order valence-corrected chi connectivity index (χ4v) is 2.63. The Hall–Kier alpha value is -3.52. The van der Waals surface area contributed by atoms with Crippen molar-refractivity contribution in [2.24, 2.45) is 0 Å². The Morgan fingerprint density at radius 3 is 2.48 bits per heavy atom. The molecule has 0 atom stereocenters. The number of pyridine rings is 1. The first-order valence-electron chi connectivity index (χ1n) is 9.32. The summed E-state index contributed by atoms with van der Waals surface area (Å²) >= 11 is 0. The summed E-state index contributed by atoms with van der Waals surface area (Å²) in [4.78, 5) is 26.6. The molecule has 0 spiro atoms. The Morgan fingerprint density at radius 1 is 1.07 bits per heavy atom. The monoisotopic (exact) mass is 391 g/mol. The third kappa shape index (κ3) is 6.25. The van der Waals surface area contributed by atoms with Gasteiger partial charge in [-0.3, -0.25) is 9.78 Å². The van der Waals surface area contributed by atoms with E-state index < -0.39 is 0 Å². The Labute approximate surface area is 170 Å². The number of likely N-dealkylation sites (N-methyl/N-ethyl adjacent to an activating group) is 1. The van der Waals surface area contributed by atoms with Crippen LogP contribution >= 0.6 is 0 Å². The molecule has 3 N–H and O–H groups in total. The SMILES string of the molecule is CC(=O)Nc1ccc(Nc2cc(-c3cccnc3)nc(NCCN(C)C)n2)cc1. The molecule has 0 unspecified atom stereocenters. The average Bonchev–Trinajstić information content (AvgIpc) is 2.69. The number of amides is 1. The fourth-order valence-electron chi connectivity index (χ4n) is 2.63. The molecule has 29 heavy (non-hydrogen) atoms. The van der Waals surface area contributed by atoms with Crippen molar-refractivity contribution in [1.82, 2.24) is 19.9 Å². The van der Waals surface area contributed by atoms with Crippen LogP contribution in [0.4, 0.5) is 23.1 Å². The number of nitrogens with one attached hydrogen (secondary N) is 3. The molecule has 150 valence electrons. The van der Waals surface area contributed by atoms with Crippen molar-refractivity contribution in [3.05, 3.63) is 54.9 Å². The van der Waals surface area contributed by atoms with Gasteiger partial charge >= 0.3 is 0 Å². The molecule has 1 aromatic carbocycles. The molecule has 0 fully saturated rings. The molecule has 0 aliphatic carbocycles. The topological polar surface area (TPSA) is 95.1 Å². The molecular weight excluding hydrogens is 366 g/mol. The third-order valence-electron chi connectivity index (χ3n) is 4.00. The van der Waals surface area contributed by atoms with Crippen molar-refractivity contribution in [3.8, 4) is 11.3 Å². The van der Waals surface area contributed by atoms with Gasteiger partial charge in [-0.25, -0.2) is 4.98 Å². The van der Waals surface area contributed by atoms with Crippen LogP contribution in [0.25, 0.3) is 11.3 Å². The molecule has 0 aliphatic heterocycles. The molecule has 0 bridgehead atoms. The second kappa shape index (κ2) is 9.61. The van der Waals surface area contributed by atoms with Crippen LogP contribution in [-0.2, 0) is 4.79 Å². The molecule has 3 rings (SSSR count). The summed E-state index contributed by atoms with van der Waals surface area (Å²) in [7, 11) is 4.04. The van der Waals surface area contributed by atoms with Gasteiger partial charge < -0.3 is 20.9 Å². The van der Waals surface area contributed by atoms with Crippen LogP contribution in [-0.4, -0.2) is 52.9 Å². The van der Waals surface area contributed by atoms with Gasteiger partial charge in [0.25, 0.3) is 0 Å². The number of rotatable bonds is 8. The first-order chi connectivity index (χ1) is 14.0. The van der Waals surface area contributed by atoms with Gasteiger partial charge in [-0.1, -0.05) is 0 Å². The molecule has 0 saturated heterocycles. The number of aromatic nitrogens is 3. The van der Waals surface area contributed by atoms with E-state index in [9.17, 15) is 4.79 Å². The highest BCUT2D eigenvalue weighted by molar-refractivity contribution is 5.88. The van der Waals surface area contributed by atoms with Crippen LogP contribution in [0, 0.1) is 0 Å². The summed E-state index contributed by atoms with van der Waals surface area (Å²) in [6, 6.07) is 13.2. The van der Waals surface area contributed by atoms with E-state index in [1.54, 1.807) is 12.4 Å². The van der Waals surface area contributed by atoms with Crippen LogP contribution in [0.5, 0.6) is 0 Å². The predicted molar refractivity (Wildman–Crippen MR) is 116 cm³/mol. The molecule has 8 nitrogen and oxygen atoms in total. The van der Waals surface area contributed by atoms with Gasteiger partial charge in [0.1, 0.15) is 5.82 Å². The van der Waals surface area contributed by atoms with E-state index in [4.69, 9.17) is 0 Å². The lowest BCUT2D eigenvalue weighted by Crippen LogP contribution is -2.21. The number of carbonyl (C=O) groups excluding carboxylic acids is 1. The van der Waals surface area contributed by atoms with Crippen molar-refractivity contribution in [2.75, 3.05) is 43.1 Å². The highest BCUT2D eigenvalue weighted by Gasteiger charge is 2.08. The van der Waals surface area contributed by atoms with Gasteiger partial charge in [-0.15, -0.1) is 0 Å². The van der Waals surface area contributed by atoms with Crippen molar-refractivity contribution in [2.45, 2.75) is 6.92 Å². The summed E-state index contributed by atoms with van der Waals surface area (Å²) in [6.07, 6.45) is 3.51. The summed E-state index contributed by atoms with van der Waals surface area (Å²) in [5.41, 5.74) is 3.29. The first kappa shape index (κ1) is 20.2. The van der Waals surface area contributed by atoms with Gasteiger partial charge in [0.15, 0.2) is 0 Å². The van der Waals surface area contributed by atoms with E-state index >= 15 is 0 Å². The molecule has 2 aromatic heterocycles. The fraction of sp³-hybridized carbons (Fsp3) is 0.238. The highest BCUT2D eigenvalue weighted by Crippen LogP contribution is 2.24. The maximum Gasteiger partial charge on any atom is 0.225 e. The lowest BCUT2D eigenvalue weighted by molar-refractivity contribution is -0.114. The van der Waals surface area contributed by atoms with Gasteiger partial charge in [-0.05, 0) is 50.5 Å². The molecule has 0 aliphatic rings. The minimum Gasteiger partial charge on any atom is -0.353 e. The number of benzene rings is 1. The standard InChI is InChI=1S/C21H25N7O/c1-15(29)24-17-6-8-18(9-7-17)25-20-13-19(16-5-4-10-22-14-16)26-21(27-20)23-11-12-28(2)3/h4-10,13-14H,11-12H2,1-3H3,(H,24,29)(H2,23,25,26,27). The molecule has 3 aromatic rings. The number of carbonyl (C=O) groups is 1. The molecular formula is C21H25N7O. The van der Waals surface area contributed by atoms with E-state index in [0.29, 0.717) is 11.8 Å². The number of nitrogens with zero attached hydrogens (tertiary/aromatic N) is 4. The molecule has 0 radical (unpaired) electrons. The van der Waals surface area contributed by atoms with Crippen molar-refractivity contribution < 1.29 is 4.79 Å². The van der Waals surface area contributed by atoms with Crippen LogP contribution in [0.1, 0.15) is 6.92 Å². The van der Waals surface area contributed by atoms with Gasteiger partial charge in [0.05, 0.1) is 5.69 Å². The Bertz CT molecular complexity index is 943. The van der Waals surface area contributed by atoms with Crippen LogP contribution in [0.2, 0.25) is 0 Å². The molecule has 8 heteroatoms. The minimum absolute atomic E-state index is 0.101. The van der Waals surface area contributed by atoms with E-state index in [1.165, 1.54) is 6.92 Å². The average molecular weight is 391 g/mol. The normalized spacial score (nSPS) is 10.6. The number of hydrogen-bond acceptors (Lipinski definition) is 7. The second-order valence-corrected chi connectivity index (χ2v) is 6.82. The van der Waals surface area contributed by atoms with E-state index in [1.807, 2.05) is 56.6 Å². The van der Waals surface area contributed by atoms with Crippen LogP contribution < -0.4 is 16.0 Å². The van der Waals surface area contributed by atoms with E-state index in [2.05, 4.69) is 35.8 Å². The van der Waals surface area contributed by atoms with Crippen LogP contribution in [0.15, 0.2) is 54.9 Å². The Kier molecular flexibility index (Phi) is 6.70. The largest absolute Gasteiger partial charge is 0.353 e. The van der Waals surface area contributed by atoms with E-state index in [0.717, 1.165) is 35.7 Å². The summed E-state index contributed by atoms with van der Waals surface area (Å²) in [5, 5.41) is 9.33. The maximum absolute atomic E-state index is 11.2. The predicted octanol–water partition coefficient (Wildman–Crippen LogP) is 3.21. The third-order valence-corrected chi connectivity index (χ3v) is 4.00. The smallest absolute Gasteiger partial charge is 0.225 e. The first-order valence-corrected chi connectivity index (χ1v) is 9.32. The quantitative estimate of drug-likeness (QED) is 0.543. The minimum atomic E-state index is -0.101. The number of hydrogen-bond donors (Lipinski definition) is 3. The number of anilines is 4. The Balaban J connectivity index is 1.83. The Morgan fingerprint density at radius 2 is 1.83 bits per heavy atom. The molecule has 0 saturated carbocycles. The lowest BCUT2D eigenvalue weighted by Gasteiger charge is -2.13. The van der Waals surface area contributed by atoms with Gasteiger partial charge in [0.2, 0.25) is 11.9 Å². The van der Waals surface area contributed by atoms with Crippen molar-refractivity contribution >= 4 is 29.0 Å². The van der Waals surface area contributed by atoms with Gasteiger partial charge in [-0.2, -0.15) is 4.98 Å². The maximum atomic E-state index is 11.2. The molecule has 1 amide bonds. The lowest BCUT2D eigenvalue weighted by atomic mass is 10.2. The van der Waals surface area contributed by atoms with Crippen LogP contribution in [0.3, 0.4) is 0 Å². The molecule has 2 heterocycles. The highest BCUT2D eigenvalue weighted by atomic mass is 16.1.